The van der Waals surface area contributed by atoms with Crippen LogP contribution in [0.3, 0.4) is 0 Å². The molecule has 0 aliphatic carbocycles. The fourth-order valence-electron chi connectivity index (χ4n) is 2.66. The van der Waals surface area contributed by atoms with Crippen LogP contribution in [0.1, 0.15) is 17.2 Å². The molecule has 2 aromatic rings. The van der Waals surface area contributed by atoms with Gasteiger partial charge in [0.2, 0.25) is 0 Å². The number of benzene rings is 2. The Bertz CT molecular complexity index is 746. The number of thiol groups is 1. The second kappa shape index (κ2) is 6.44. The van der Waals surface area contributed by atoms with Gasteiger partial charge in [0.1, 0.15) is 5.50 Å². The zero-order valence-electron chi connectivity index (χ0n) is 12.6. The monoisotopic (exact) mass is 327 g/mol. The third-order valence-corrected chi connectivity index (χ3v) is 4.31. The van der Waals surface area contributed by atoms with E-state index in [1.165, 1.54) is 23.3 Å². The maximum atomic E-state index is 10.7. The number of hydrogen-bond donors (Lipinski definition) is 2. The lowest BCUT2D eigenvalue weighted by Crippen LogP contribution is -2.43. The molecule has 0 amide bonds. The number of aryl methyl sites for hydroxylation is 1. The third kappa shape index (κ3) is 3.23. The molecule has 5 nitrogen and oxygen atoms in total. The number of hydrogen-bond acceptors (Lipinski definition) is 5. The van der Waals surface area contributed by atoms with Crippen molar-refractivity contribution in [2.75, 3.05) is 4.90 Å². The van der Waals surface area contributed by atoms with Gasteiger partial charge < -0.3 is 4.90 Å². The van der Waals surface area contributed by atoms with E-state index >= 15 is 0 Å². The van der Waals surface area contributed by atoms with E-state index in [0.29, 0.717) is 0 Å². The van der Waals surface area contributed by atoms with Gasteiger partial charge in [0.15, 0.2) is 0 Å². The fourth-order valence-corrected chi connectivity index (χ4v) is 3.03. The fraction of sp³-hybridized carbons (Fsp3) is 0.176. The molecule has 0 fully saturated rings. The number of nitro benzene ring substituents is 1. The van der Waals surface area contributed by atoms with Crippen LogP contribution < -0.4 is 10.2 Å². The lowest BCUT2D eigenvalue weighted by Gasteiger charge is -2.35. The summed E-state index contributed by atoms with van der Waals surface area (Å²) in [5, 5.41) is 14.2. The van der Waals surface area contributed by atoms with E-state index in [9.17, 15) is 10.1 Å². The first-order valence-electron chi connectivity index (χ1n) is 7.27. The Balaban J connectivity index is 1.83. The molecule has 0 saturated heterocycles. The quantitative estimate of drug-likeness (QED) is 0.512. The summed E-state index contributed by atoms with van der Waals surface area (Å²) in [5.41, 5.74) is 3.15. The first kappa shape index (κ1) is 15.6. The summed E-state index contributed by atoms with van der Waals surface area (Å²) in [5.74, 6) is 0. The van der Waals surface area contributed by atoms with Gasteiger partial charge in [-0.1, -0.05) is 24.3 Å². The largest absolute Gasteiger partial charge is 0.323 e. The average Bonchev–Trinajstić information content (AvgIpc) is 2.55. The van der Waals surface area contributed by atoms with Gasteiger partial charge in [0.25, 0.3) is 5.69 Å². The molecule has 1 heterocycles. The normalized spacial score (nSPS) is 20.5. The molecule has 2 unspecified atom stereocenters. The minimum Gasteiger partial charge on any atom is -0.323 e. The van der Waals surface area contributed by atoms with Gasteiger partial charge in [-0.05, 0) is 36.3 Å². The smallest absolute Gasteiger partial charge is 0.269 e. The minimum absolute atomic E-state index is 0.0798. The lowest BCUT2D eigenvalue weighted by atomic mass is 10.0. The summed E-state index contributed by atoms with van der Waals surface area (Å²) >= 11 is 4.61. The summed E-state index contributed by atoms with van der Waals surface area (Å²) in [4.78, 5) is 12.3. The molecule has 0 radical (unpaired) electrons. The number of rotatable bonds is 3. The standard InChI is InChI=1S/C17H17N3O2S/c1-12-4-2-3-5-15(12)16-10-11-19(17(23)18-16)13-6-8-14(9-7-13)20(21)22/h2-11,16-18,23H,1H3. The highest BCUT2D eigenvalue weighted by atomic mass is 32.1. The number of nitrogens with zero attached hydrogens (tertiary/aromatic N) is 2. The van der Waals surface area contributed by atoms with Crippen LogP contribution in [0, 0.1) is 17.0 Å². The van der Waals surface area contributed by atoms with Crippen LogP contribution in [0.15, 0.2) is 60.8 Å². The highest BCUT2D eigenvalue weighted by Crippen LogP contribution is 2.28. The molecule has 0 bridgehead atoms. The van der Waals surface area contributed by atoms with Gasteiger partial charge in [0.05, 0.1) is 11.0 Å². The van der Waals surface area contributed by atoms with Crippen LogP contribution in [0.25, 0.3) is 0 Å². The summed E-state index contributed by atoms with van der Waals surface area (Å²) < 4.78 is 0. The van der Waals surface area contributed by atoms with E-state index in [1.807, 2.05) is 23.2 Å². The Labute approximate surface area is 140 Å². The van der Waals surface area contributed by atoms with Crippen molar-refractivity contribution in [3.63, 3.8) is 0 Å². The van der Waals surface area contributed by atoms with Gasteiger partial charge >= 0.3 is 0 Å². The Morgan fingerprint density at radius 3 is 2.48 bits per heavy atom. The molecular weight excluding hydrogens is 310 g/mol. The first-order chi connectivity index (χ1) is 11.1. The Hall–Kier alpha value is -2.31. The number of nitro groups is 1. The average molecular weight is 327 g/mol. The molecule has 23 heavy (non-hydrogen) atoms. The van der Waals surface area contributed by atoms with Gasteiger partial charge in [-0.2, -0.15) is 0 Å². The lowest BCUT2D eigenvalue weighted by molar-refractivity contribution is -0.384. The zero-order chi connectivity index (χ0) is 16.4. The van der Waals surface area contributed by atoms with Crippen LogP contribution in [0.5, 0.6) is 0 Å². The van der Waals surface area contributed by atoms with Gasteiger partial charge in [-0.3, -0.25) is 15.4 Å². The minimum atomic E-state index is -0.402. The Morgan fingerprint density at radius 1 is 1.17 bits per heavy atom. The summed E-state index contributed by atoms with van der Waals surface area (Å²) in [6, 6.07) is 14.8. The molecule has 3 rings (SSSR count). The second-order valence-electron chi connectivity index (χ2n) is 5.40. The number of nitrogens with one attached hydrogen (secondary N) is 1. The maximum Gasteiger partial charge on any atom is 0.269 e. The highest BCUT2D eigenvalue weighted by molar-refractivity contribution is 7.81. The van der Waals surface area contributed by atoms with Crippen molar-refractivity contribution >= 4 is 24.0 Å². The molecule has 1 aliphatic heterocycles. The SMILES string of the molecule is Cc1ccccc1C1C=CN(c2ccc([N+](=O)[O-])cc2)C(S)N1. The van der Waals surface area contributed by atoms with Crippen molar-refractivity contribution in [3.8, 4) is 0 Å². The van der Waals surface area contributed by atoms with E-state index in [0.717, 1.165) is 5.69 Å². The summed E-state index contributed by atoms with van der Waals surface area (Å²) in [6.07, 6.45) is 4.03. The molecule has 2 atom stereocenters. The molecule has 0 spiro atoms. The van der Waals surface area contributed by atoms with Crippen molar-refractivity contribution in [2.45, 2.75) is 18.5 Å². The van der Waals surface area contributed by atoms with E-state index in [4.69, 9.17) is 0 Å². The van der Waals surface area contributed by atoms with Crippen LogP contribution >= 0.6 is 12.6 Å². The van der Waals surface area contributed by atoms with Crippen LogP contribution in [-0.4, -0.2) is 10.4 Å². The predicted octanol–water partition coefficient (Wildman–Crippen LogP) is 3.78. The van der Waals surface area contributed by atoms with Crippen LogP contribution in [0.2, 0.25) is 0 Å². The number of anilines is 1. The van der Waals surface area contributed by atoms with Gasteiger partial charge in [-0.15, -0.1) is 12.6 Å². The van der Waals surface area contributed by atoms with Crippen LogP contribution in [-0.2, 0) is 0 Å². The number of non-ortho nitro benzene ring substituents is 1. The predicted molar refractivity (Wildman–Crippen MR) is 94.5 cm³/mol. The van der Waals surface area contributed by atoms with Gasteiger partial charge in [0, 0.05) is 24.0 Å². The van der Waals surface area contributed by atoms with Crippen molar-refractivity contribution < 1.29 is 4.92 Å². The van der Waals surface area contributed by atoms with E-state index < -0.39 is 4.92 Å². The molecule has 1 N–H and O–H groups in total. The summed E-state index contributed by atoms with van der Waals surface area (Å²) in [6.45, 7) is 2.08. The van der Waals surface area contributed by atoms with Gasteiger partial charge in [-0.25, -0.2) is 0 Å². The van der Waals surface area contributed by atoms with E-state index in [1.54, 1.807) is 12.1 Å². The molecule has 0 saturated carbocycles. The Morgan fingerprint density at radius 2 is 1.87 bits per heavy atom. The summed E-state index contributed by atoms with van der Waals surface area (Å²) in [7, 11) is 0. The molecule has 1 aliphatic rings. The highest BCUT2D eigenvalue weighted by Gasteiger charge is 2.23. The topological polar surface area (TPSA) is 58.4 Å². The van der Waals surface area contributed by atoms with Crippen LogP contribution in [0.4, 0.5) is 11.4 Å². The molecular formula is C17H17N3O2S. The van der Waals surface area contributed by atoms with Crippen molar-refractivity contribution in [1.29, 1.82) is 0 Å². The zero-order valence-corrected chi connectivity index (χ0v) is 13.5. The third-order valence-electron chi connectivity index (χ3n) is 3.91. The van der Waals surface area contributed by atoms with E-state index in [-0.39, 0.29) is 17.2 Å². The van der Waals surface area contributed by atoms with Crippen molar-refractivity contribution in [2.24, 2.45) is 0 Å². The maximum absolute atomic E-state index is 10.7. The van der Waals surface area contributed by atoms with E-state index in [2.05, 4.69) is 43.1 Å². The Kier molecular flexibility index (Phi) is 4.36. The van der Waals surface area contributed by atoms with Crippen molar-refractivity contribution in [3.05, 3.63) is 82.0 Å². The second-order valence-corrected chi connectivity index (χ2v) is 5.89. The molecule has 118 valence electrons. The first-order valence-corrected chi connectivity index (χ1v) is 7.78. The molecule has 6 heteroatoms. The molecule has 0 aromatic heterocycles. The molecule has 2 aromatic carbocycles. The van der Waals surface area contributed by atoms with Crippen molar-refractivity contribution in [1.82, 2.24) is 5.32 Å².